The van der Waals surface area contributed by atoms with Gasteiger partial charge in [-0.1, -0.05) is 18.2 Å². The van der Waals surface area contributed by atoms with E-state index in [4.69, 9.17) is 0 Å². The Morgan fingerprint density at radius 2 is 1.92 bits per heavy atom. The minimum absolute atomic E-state index is 0.156. The van der Waals surface area contributed by atoms with E-state index in [9.17, 15) is 4.79 Å². The van der Waals surface area contributed by atoms with Crippen LogP contribution in [0.25, 0.3) is 33.4 Å². The Hall–Kier alpha value is -3.48. The van der Waals surface area contributed by atoms with Crippen LogP contribution in [0.15, 0.2) is 47.4 Å². The van der Waals surface area contributed by atoms with Crippen LogP contribution in [0.3, 0.4) is 0 Å². The number of hydrogen-bond donors (Lipinski definition) is 1. The van der Waals surface area contributed by atoms with Crippen LogP contribution in [0.1, 0.15) is 11.3 Å². The van der Waals surface area contributed by atoms with Crippen LogP contribution in [0.2, 0.25) is 0 Å². The first-order valence-corrected chi connectivity index (χ1v) is 7.95. The van der Waals surface area contributed by atoms with Crippen LogP contribution in [0, 0.1) is 13.8 Å². The summed E-state index contributed by atoms with van der Waals surface area (Å²) in [7, 11) is 0. The third kappa shape index (κ3) is 1.86. The fourth-order valence-corrected chi connectivity index (χ4v) is 3.29. The number of pyridine rings is 1. The summed E-state index contributed by atoms with van der Waals surface area (Å²) in [4.78, 5) is 21.7. The van der Waals surface area contributed by atoms with E-state index in [1.54, 1.807) is 10.7 Å². The van der Waals surface area contributed by atoms with Gasteiger partial charge in [-0.2, -0.15) is 4.52 Å². The van der Waals surface area contributed by atoms with E-state index in [0.29, 0.717) is 22.3 Å². The van der Waals surface area contributed by atoms with E-state index < -0.39 is 0 Å². The highest BCUT2D eigenvalue weighted by Crippen LogP contribution is 2.23. The Kier molecular flexibility index (Phi) is 2.65. The quantitative estimate of drug-likeness (QED) is 0.512. The Morgan fingerprint density at radius 3 is 2.72 bits per heavy atom. The minimum Gasteiger partial charge on any atom is -0.273 e. The van der Waals surface area contributed by atoms with Crippen LogP contribution >= 0.6 is 0 Å². The van der Waals surface area contributed by atoms with Gasteiger partial charge in [0.15, 0.2) is 16.9 Å². The highest BCUT2D eigenvalue weighted by molar-refractivity contribution is 5.95. The third-order valence-electron chi connectivity index (χ3n) is 4.39. The lowest BCUT2D eigenvalue weighted by molar-refractivity contribution is 0.844. The van der Waals surface area contributed by atoms with Gasteiger partial charge >= 0.3 is 0 Å². The summed E-state index contributed by atoms with van der Waals surface area (Å²) in [5.41, 5.74) is 4.50. The molecule has 1 N–H and O–H groups in total. The zero-order chi connectivity index (χ0) is 17.1. The molecule has 0 radical (unpaired) electrons. The van der Waals surface area contributed by atoms with Crippen molar-refractivity contribution in [3.05, 3.63) is 64.2 Å². The van der Waals surface area contributed by atoms with Crippen LogP contribution in [-0.2, 0) is 0 Å². The maximum Gasteiger partial charge on any atom is 0.282 e. The number of hydrogen-bond acceptors (Lipinski definition) is 4. The van der Waals surface area contributed by atoms with Gasteiger partial charge in [-0.25, -0.2) is 14.6 Å². The molecule has 0 aliphatic carbocycles. The van der Waals surface area contributed by atoms with E-state index in [1.165, 1.54) is 4.68 Å². The Morgan fingerprint density at radius 1 is 1.12 bits per heavy atom. The molecule has 7 nitrogen and oxygen atoms in total. The molecule has 25 heavy (non-hydrogen) atoms. The molecule has 0 atom stereocenters. The Labute approximate surface area is 141 Å². The first kappa shape index (κ1) is 13.9. The maximum atomic E-state index is 12.7. The van der Waals surface area contributed by atoms with E-state index in [1.807, 2.05) is 50.2 Å². The fraction of sp³-hybridized carbons (Fsp3) is 0.111. The van der Waals surface area contributed by atoms with Crippen LogP contribution < -0.4 is 5.56 Å². The smallest absolute Gasteiger partial charge is 0.273 e. The second-order valence-corrected chi connectivity index (χ2v) is 6.12. The standard InChI is InChI=1S/C18H14N6O/c1-10-8-11(2)20-15-14(10)17-19-9-13-16(24(17)21-15)22-23(18(13)25)12-6-4-3-5-7-12/h3-9,22H,1-2H3. The maximum absolute atomic E-state index is 12.7. The lowest BCUT2D eigenvalue weighted by atomic mass is 10.2. The molecular formula is C18H14N6O. The van der Waals surface area contributed by atoms with Crippen molar-refractivity contribution in [2.24, 2.45) is 0 Å². The van der Waals surface area contributed by atoms with Crippen molar-refractivity contribution < 1.29 is 0 Å². The SMILES string of the molecule is Cc1cc(C)c2c(n1)nn1c2ncc2c(=O)n(-c3ccccc3)[nH]c21. The summed E-state index contributed by atoms with van der Waals surface area (Å²) in [5.74, 6) is 0. The summed E-state index contributed by atoms with van der Waals surface area (Å²) >= 11 is 0. The Bertz CT molecular complexity index is 1330. The summed E-state index contributed by atoms with van der Waals surface area (Å²) in [6, 6.07) is 11.4. The summed E-state index contributed by atoms with van der Waals surface area (Å²) in [6.07, 6.45) is 1.60. The molecule has 1 aromatic carbocycles. The number of nitrogens with one attached hydrogen (secondary N) is 1. The molecule has 0 unspecified atom stereocenters. The van der Waals surface area contributed by atoms with Crippen LogP contribution in [0.5, 0.6) is 0 Å². The van der Waals surface area contributed by atoms with Gasteiger partial charge in [0.2, 0.25) is 0 Å². The number of fused-ring (bicyclic) bond motifs is 5. The topological polar surface area (TPSA) is 80.9 Å². The molecule has 5 rings (SSSR count). The van der Waals surface area contributed by atoms with Crippen LogP contribution in [-0.4, -0.2) is 29.4 Å². The predicted octanol–water partition coefficient (Wildman–Crippen LogP) is 2.53. The summed E-state index contributed by atoms with van der Waals surface area (Å²) < 4.78 is 3.17. The molecule has 0 saturated heterocycles. The van der Waals surface area contributed by atoms with Crippen LogP contribution in [0.4, 0.5) is 0 Å². The molecule has 0 amide bonds. The van der Waals surface area contributed by atoms with Gasteiger partial charge in [0.1, 0.15) is 5.39 Å². The van der Waals surface area contributed by atoms with Gasteiger partial charge in [0.25, 0.3) is 5.56 Å². The number of benzene rings is 1. The molecule has 0 spiro atoms. The van der Waals surface area contributed by atoms with Gasteiger partial charge in [-0.15, -0.1) is 5.10 Å². The van der Waals surface area contributed by atoms with Gasteiger partial charge < -0.3 is 0 Å². The number of aromatic amines is 1. The molecule has 0 aliphatic heterocycles. The number of rotatable bonds is 1. The summed E-state index contributed by atoms with van der Waals surface area (Å²) in [6.45, 7) is 3.95. The van der Waals surface area contributed by atoms with E-state index in [-0.39, 0.29) is 5.56 Å². The second kappa shape index (κ2) is 4.76. The number of para-hydroxylation sites is 1. The van der Waals surface area contributed by atoms with Crippen molar-refractivity contribution in [3.8, 4) is 5.69 Å². The Balaban J connectivity index is 1.93. The zero-order valence-corrected chi connectivity index (χ0v) is 13.7. The molecule has 4 heterocycles. The highest BCUT2D eigenvalue weighted by Gasteiger charge is 2.17. The van der Waals surface area contributed by atoms with Gasteiger partial charge in [0, 0.05) is 11.9 Å². The number of nitrogens with zero attached hydrogens (tertiary/aromatic N) is 5. The number of aromatic nitrogens is 6. The first-order chi connectivity index (χ1) is 12.1. The number of H-pyrrole nitrogens is 1. The van der Waals surface area contributed by atoms with Gasteiger partial charge in [0.05, 0.1) is 11.1 Å². The highest BCUT2D eigenvalue weighted by atomic mass is 16.1. The molecule has 0 fully saturated rings. The van der Waals surface area contributed by atoms with Gasteiger partial charge in [-0.05, 0) is 37.6 Å². The van der Waals surface area contributed by atoms with Crippen molar-refractivity contribution in [1.29, 1.82) is 0 Å². The molecule has 4 aromatic heterocycles. The van der Waals surface area contributed by atoms with E-state index >= 15 is 0 Å². The van der Waals surface area contributed by atoms with Crippen molar-refractivity contribution in [1.82, 2.24) is 29.4 Å². The van der Waals surface area contributed by atoms with Crippen molar-refractivity contribution in [2.45, 2.75) is 13.8 Å². The lowest BCUT2D eigenvalue weighted by Gasteiger charge is -1.99. The minimum atomic E-state index is -0.156. The number of aryl methyl sites for hydroxylation is 2. The lowest BCUT2D eigenvalue weighted by Crippen LogP contribution is -2.13. The molecule has 0 bridgehead atoms. The molecule has 5 aromatic rings. The molecule has 7 heteroatoms. The predicted molar refractivity (Wildman–Crippen MR) is 95.2 cm³/mol. The molecule has 122 valence electrons. The van der Waals surface area contributed by atoms with E-state index in [0.717, 1.165) is 22.3 Å². The average molecular weight is 330 g/mol. The average Bonchev–Trinajstić information content (AvgIpc) is 3.13. The van der Waals surface area contributed by atoms with Crippen molar-refractivity contribution in [3.63, 3.8) is 0 Å². The fourth-order valence-electron chi connectivity index (χ4n) is 3.29. The third-order valence-corrected chi connectivity index (χ3v) is 4.39. The monoisotopic (exact) mass is 330 g/mol. The van der Waals surface area contributed by atoms with E-state index in [2.05, 4.69) is 20.2 Å². The van der Waals surface area contributed by atoms with Crippen molar-refractivity contribution >= 4 is 27.7 Å². The summed E-state index contributed by atoms with van der Waals surface area (Å²) in [5, 5.41) is 9.12. The van der Waals surface area contributed by atoms with Gasteiger partial charge in [-0.3, -0.25) is 9.89 Å². The van der Waals surface area contributed by atoms with Crippen molar-refractivity contribution in [2.75, 3.05) is 0 Å². The molecule has 0 aliphatic rings. The largest absolute Gasteiger partial charge is 0.282 e. The molecule has 0 saturated carbocycles. The second-order valence-electron chi connectivity index (χ2n) is 6.12. The molecular weight excluding hydrogens is 316 g/mol. The first-order valence-electron chi connectivity index (χ1n) is 7.95. The zero-order valence-electron chi connectivity index (χ0n) is 13.7. The normalized spacial score (nSPS) is 11.8.